The molecule has 0 unspecified atom stereocenters. The van der Waals surface area contributed by atoms with Crippen molar-refractivity contribution in [3.63, 3.8) is 0 Å². The van der Waals surface area contributed by atoms with Crippen molar-refractivity contribution in [3.05, 3.63) is 30.2 Å². The Morgan fingerprint density at radius 3 is 3.08 bits per heavy atom. The monoisotopic (exact) mass is 156 g/mol. The highest BCUT2D eigenvalue weighted by atomic mass is 14.9. The second-order valence-electron chi connectivity index (χ2n) is 2.21. The molecule has 2 aromatic rings. The van der Waals surface area contributed by atoms with Gasteiger partial charge in [0.05, 0.1) is 6.20 Å². The fourth-order valence-electron chi connectivity index (χ4n) is 0.903. The Bertz CT molecular complexity index is 458. The molecule has 0 radical (unpaired) electrons. The molecule has 0 aliphatic rings. The van der Waals surface area contributed by atoms with Gasteiger partial charge in [-0.15, -0.1) is 0 Å². The smallest absolute Gasteiger partial charge is 0.179 e. The predicted octanol–water partition coefficient (Wildman–Crippen LogP) is 0.896. The summed E-state index contributed by atoms with van der Waals surface area (Å²) in [6.45, 7) is 0. The van der Waals surface area contributed by atoms with E-state index in [0.29, 0.717) is 16.9 Å². The van der Waals surface area contributed by atoms with Crippen LogP contribution in [0.3, 0.4) is 0 Å². The highest BCUT2D eigenvalue weighted by Gasteiger charge is 1.97. The molecule has 0 aliphatic heterocycles. The minimum absolute atomic E-state index is 0.293. The number of aromatic nitrogens is 3. The summed E-state index contributed by atoms with van der Waals surface area (Å²) < 4.78 is 0. The van der Waals surface area contributed by atoms with E-state index >= 15 is 0 Å². The van der Waals surface area contributed by atoms with Crippen LogP contribution in [0.25, 0.3) is 11.2 Å². The van der Waals surface area contributed by atoms with Crippen LogP contribution in [-0.4, -0.2) is 15.0 Å². The molecule has 0 aliphatic carbocycles. The normalized spacial score (nSPS) is 9.58. The first kappa shape index (κ1) is 6.68. The Morgan fingerprint density at radius 1 is 1.33 bits per heavy atom. The summed E-state index contributed by atoms with van der Waals surface area (Å²) >= 11 is 0. The molecule has 0 aromatic carbocycles. The summed E-state index contributed by atoms with van der Waals surface area (Å²) in [7, 11) is 0. The number of hydrogen-bond donors (Lipinski definition) is 0. The van der Waals surface area contributed by atoms with Crippen molar-refractivity contribution in [1.82, 2.24) is 15.0 Å². The lowest BCUT2D eigenvalue weighted by Gasteiger charge is -1.92. The molecule has 0 atom stereocenters. The van der Waals surface area contributed by atoms with Crippen LogP contribution in [-0.2, 0) is 0 Å². The third-order valence-electron chi connectivity index (χ3n) is 1.43. The molecule has 0 bridgehead atoms. The van der Waals surface area contributed by atoms with Crippen LogP contribution >= 0.6 is 0 Å². The van der Waals surface area contributed by atoms with Crippen molar-refractivity contribution in [2.75, 3.05) is 0 Å². The minimum Gasteiger partial charge on any atom is -0.250 e. The van der Waals surface area contributed by atoms with Crippen molar-refractivity contribution in [2.45, 2.75) is 0 Å². The van der Waals surface area contributed by atoms with Gasteiger partial charge in [-0.05, 0) is 12.1 Å². The lowest BCUT2D eigenvalue weighted by atomic mass is 10.4. The fraction of sp³-hybridized carbons (Fsp3) is 0. The van der Waals surface area contributed by atoms with Gasteiger partial charge in [0.25, 0.3) is 0 Å². The van der Waals surface area contributed by atoms with Gasteiger partial charge in [-0.1, -0.05) is 0 Å². The fourth-order valence-corrected chi connectivity index (χ4v) is 0.903. The third-order valence-corrected chi connectivity index (χ3v) is 1.43. The van der Waals surface area contributed by atoms with E-state index < -0.39 is 0 Å². The van der Waals surface area contributed by atoms with E-state index in [2.05, 4.69) is 15.0 Å². The second kappa shape index (κ2) is 2.55. The number of rotatable bonds is 0. The zero-order valence-corrected chi connectivity index (χ0v) is 6.10. The molecule has 0 amide bonds. The number of nitrogens with zero attached hydrogens (tertiary/aromatic N) is 4. The van der Waals surface area contributed by atoms with Gasteiger partial charge in [0.15, 0.2) is 11.3 Å². The molecule has 2 heterocycles. The van der Waals surface area contributed by atoms with Gasteiger partial charge in [-0.3, -0.25) is 0 Å². The first-order chi connectivity index (χ1) is 5.90. The molecule has 0 fully saturated rings. The maximum absolute atomic E-state index is 8.52. The summed E-state index contributed by atoms with van der Waals surface area (Å²) in [6.07, 6.45) is 3.06. The van der Waals surface area contributed by atoms with Crippen LogP contribution in [0.5, 0.6) is 0 Å². The molecule has 4 heteroatoms. The number of pyridine rings is 1. The topological polar surface area (TPSA) is 62.5 Å². The van der Waals surface area contributed by atoms with Crippen LogP contribution in [0, 0.1) is 11.3 Å². The van der Waals surface area contributed by atoms with Crippen LogP contribution in [0.2, 0.25) is 0 Å². The average Bonchev–Trinajstić information content (AvgIpc) is 2.17. The first-order valence-corrected chi connectivity index (χ1v) is 3.38. The molecule has 0 saturated heterocycles. The predicted molar refractivity (Wildman–Crippen MR) is 42.0 cm³/mol. The number of nitriles is 1. The van der Waals surface area contributed by atoms with E-state index in [9.17, 15) is 0 Å². The minimum atomic E-state index is 0.293. The average molecular weight is 156 g/mol. The third kappa shape index (κ3) is 0.974. The zero-order valence-electron chi connectivity index (χ0n) is 6.10. The van der Waals surface area contributed by atoms with Gasteiger partial charge < -0.3 is 0 Å². The Hall–Kier alpha value is -2.02. The Labute approximate surface area is 68.5 Å². The standard InChI is InChI=1S/C8H4N4/c9-4-6-5-11-7-2-1-3-10-8(7)12-6/h1-3,5H. The van der Waals surface area contributed by atoms with Gasteiger partial charge in [0, 0.05) is 6.20 Å². The summed E-state index contributed by atoms with van der Waals surface area (Å²) in [5.74, 6) is 0. The Kier molecular flexibility index (Phi) is 1.42. The van der Waals surface area contributed by atoms with Crippen molar-refractivity contribution >= 4 is 11.2 Å². The molecule has 0 saturated carbocycles. The molecule has 0 spiro atoms. The van der Waals surface area contributed by atoms with Gasteiger partial charge >= 0.3 is 0 Å². The highest BCUT2D eigenvalue weighted by molar-refractivity contribution is 5.69. The van der Waals surface area contributed by atoms with Crippen LogP contribution in [0.4, 0.5) is 0 Å². The molecular formula is C8H4N4. The second-order valence-corrected chi connectivity index (χ2v) is 2.21. The van der Waals surface area contributed by atoms with Gasteiger partial charge in [-0.2, -0.15) is 5.26 Å². The summed E-state index contributed by atoms with van der Waals surface area (Å²) in [6, 6.07) is 5.49. The van der Waals surface area contributed by atoms with Crippen molar-refractivity contribution in [2.24, 2.45) is 0 Å². The lowest BCUT2D eigenvalue weighted by Crippen LogP contribution is -1.89. The quantitative estimate of drug-likeness (QED) is 0.568. The number of hydrogen-bond acceptors (Lipinski definition) is 4. The van der Waals surface area contributed by atoms with Crippen molar-refractivity contribution in [3.8, 4) is 6.07 Å². The summed E-state index contributed by atoms with van der Waals surface area (Å²) in [4.78, 5) is 11.9. The highest BCUT2D eigenvalue weighted by Crippen LogP contribution is 2.03. The number of fused-ring (bicyclic) bond motifs is 1. The summed E-state index contributed by atoms with van der Waals surface area (Å²) in [5, 5.41) is 8.52. The molecule has 56 valence electrons. The van der Waals surface area contributed by atoms with E-state index in [0.717, 1.165) is 0 Å². The maximum Gasteiger partial charge on any atom is 0.179 e. The molecule has 12 heavy (non-hydrogen) atoms. The van der Waals surface area contributed by atoms with Crippen LogP contribution < -0.4 is 0 Å². The molecule has 2 rings (SSSR count). The van der Waals surface area contributed by atoms with E-state index in [-0.39, 0.29) is 0 Å². The molecule has 0 N–H and O–H groups in total. The molecular weight excluding hydrogens is 152 g/mol. The first-order valence-electron chi connectivity index (χ1n) is 3.38. The molecule has 2 aromatic heterocycles. The Balaban J connectivity index is 2.78. The van der Waals surface area contributed by atoms with Gasteiger partial charge in [-0.25, -0.2) is 15.0 Å². The van der Waals surface area contributed by atoms with E-state index in [1.165, 1.54) is 6.20 Å². The maximum atomic E-state index is 8.52. The van der Waals surface area contributed by atoms with Crippen LogP contribution in [0.1, 0.15) is 5.69 Å². The van der Waals surface area contributed by atoms with E-state index in [1.54, 1.807) is 18.3 Å². The van der Waals surface area contributed by atoms with Gasteiger partial charge in [0.2, 0.25) is 0 Å². The molecule has 4 nitrogen and oxygen atoms in total. The van der Waals surface area contributed by atoms with E-state index in [4.69, 9.17) is 5.26 Å². The van der Waals surface area contributed by atoms with Crippen molar-refractivity contribution < 1.29 is 0 Å². The largest absolute Gasteiger partial charge is 0.250 e. The van der Waals surface area contributed by atoms with E-state index in [1.807, 2.05) is 6.07 Å². The SMILES string of the molecule is N#Cc1cnc2cccnc2n1. The van der Waals surface area contributed by atoms with Gasteiger partial charge in [0.1, 0.15) is 11.6 Å². The Morgan fingerprint density at radius 2 is 2.25 bits per heavy atom. The lowest BCUT2D eigenvalue weighted by molar-refractivity contribution is 1.19. The summed E-state index contributed by atoms with van der Waals surface area (Å²) in [5.41, 5.74) is 1.51. The van der Waals surface area contributed by atoms with Crippen LogP contribution in [0.15, 0.2) is 24.5 Å². The zero-order chi connectivity index (χ0) is 8.39. The van der Waals surface area contributed by atoms with Crippen molar-refractivity contribution in [1.29, 1.82) is 5.26 Å².